The van der Waals surface area contributed by atoms with Gasteiger partial charge in [-0.1, -0.05) is 18.9 Å². The minimum absolute atomic E-state index is 0.150. The summed E-state index contributed by atoms with van der Waals surface area (Å²) in [6.07, 6.45) is 5.04. The van der Waals surface area contributed by atoms with Gasteiger partial charge in [-0.15, -0.1) is 0 Å². The SMILES string of the molecule is O=[N+]([O-])c1ccc(O)c(C=Nc2cccc(S(=O)(=O)N3CCCCCC3)c2)c1. The molecule has 1 aliphatic rings. The van der Waals surface area contributed by atoms with Crippen LogP contribution in [0.15, 0.2) is 52.4 Å². The van der Waals surface area contributed by atoms with Crippen molar-refractivity contribution < 1.29 is 18.4 Å². The minimum atomic E-state index is -3.60. The Morgan fingerprint density at radius 2 is 1.79 bits per heavy atom. The van der Waals surface area contributed by atoms with Crippen molar-refractivity contribution in [3.05, 3.63) is 58.1 Å². The first kappa shape index (κ1) is 20.0. The molecule has 9 heteroatoms. The molecule has 0 spiro atoms. The first-order chi connectivity index (χ1) is 13.4. The highest BCUT2D eigenvalue weighted by Crippen LogP contribution is 2.25. The fourth-order valence-electron chi connectivity index (χ4n) is 3.06. The van der Waals surface area contributed by atoms with Crippen LogP contribution in [0.25, 0.3) is 0 Å². The monoisotopic (exact) mass is 403 g/mol. The number of non-ortho nitro benzene ring substituents is 1. The average molecular weight is 403 g/mol. The number of hydrogen-bond acceptors (Lipinski definition) is 6. The van der Waals surface area contributed by atoms with Gasteiger partial charge in [0, 0.05) is 37.0 Å². The number of hydrogen-bond donors (Lipinski definition) is 1. The lowest BCUT2D eigenvalue weighted by Crippen LogP contribution is -2.31. The molecule has 0 unspecified atom stereocenters. The van der Waals surface area contributed by atoms with Crippen LogP contribution in [0.2, 0.25) is 0 Å². The number of phenols is 1. The molecule has 8 nitrogen and oxygen atoms in total. The number of nitro benzene ring substituents is 1. The first-order valence-corrected chi connectivity index (χ1v) is 10.4. The van der Waals surface area contributed by atoms with E-state index in [9.17, 15) is 23.6 Å². The molecule has 1 fully saturated rings. The Bertz CT molecular complexity index is 996. The van der Waals surface area contributed by atoms with Gasteiger partial charge in [-0.25, -0.2) is 8.42 Å². The summed E-state index contributed by atoms with van der Waals surface area (Å²) in [5, 5.41) is 20.7. The highest BCUT2D eigenvalue weighted by molar-refractivity contribution is 7.89. The Hall–Kier alpha value is -2.78. The van der Waals surface area contributed by atoms with E-state index in [2.05, 4.69) is 4.99 Å². The number of nitro groups is 1. The van der Waals surface area contributed by atoms with Crippen LogP contribution in [0.5, 0.6) is 5.75 Å². The van der Waals surface area contributed by atoms with Gasteiger partial charge in [0.15, 0.2) is 0 Å². The third-order valence-corrected chi connectivity index (χ3v) is 6.49. The standard InChI is InChI=1S/C19H21N3O5S/c23-19-9-8-17(22(24)25)12-15(19)14-20-16-6-5-7-18(13-16)28(26,27)21-10-3-1-2-4-11-21/h5-9,12-14,23H,1-4,10-11H2. The molecule has 2 aromatic rings. The molecule has 28 heavy (non-hydrogen) atoms. The number of aliphatic imine (C=N–C) groups is 1. The summed E-state index contributed by atoms with van der Waals surface area (Å²) in [7, 11) is -3.60. The van der Waals surface area contributed by atoms with Crippen molar-refractivity contribution in [3.63, 3.8) is 0 Å². The number of sulfonamides is 1. The molecule has 0 bridgehead atoms. The molecular weight excluding hydrogens is 382 g/mol. The quantitative estimate of drug-likeness (QED) is 0.465. The van der Waals surface area contributed by atoms with Crippen LogP contribution in [-0.4, -0.2) is 42.1 Å². The molecule has 1 aliphatic heterocycles. The van der Waals surface area contributed by atoms with E-state index in [-0.39, 0.29) is 21.9 Å². The van der Waals surface area contributed by atoms with Crippen molar-refractivity contribution in [2.45, 2.75) is 30.6 Å². The predicted molar refractivity (Wildman–Crippen MR) is 106 cm³/mol. The fraction of sp³-hybridized carbons (Fsp3) is 0.316. The number of rotatable bonds is 5. The number of phenolic OH excluding ortho intramolecular Hbond substituents is 1. The van der Waals surface area contributed by atoms with Gasteiger partial charge in [0.05, 0.1) is 15.5 Å². The van der Waals surface area contributed by atoms with E-state index in [0.717, 1.165) is 25.7 Å². The van der Waals surface area contributed by atoms with Gasteiger partial charge in [0.2, 0.25) is 10.0 Å². The lowest BCUT2D eigenvalue weighted by Gasteiger charge is -2.20. The smallest absolute Gasteiger partial charge is 0.270 e. The summed E-state index contributed by atoms with van der Waals surface area (Å²) in [6.45, 7) is 1.02. The Kier molecular flexibility index (Phi) is 6.05. The van der Waals surface area contributed by atoms with Crippen molar-refractivity contribution in [3.8, 4) is 5.75 Å². The zero-order chi connectivity index (χ0) is 20.1. The third-order valence-electron chi connectivity index (χ3n) is 4.60. The second-order valence-corrected chi connectivity index (χ2v) is 8.51. The van der Waals surface area contributed by atoms with Crippen molar-refractivity contribution in [1.82, 2.24) is 4.31 Å². The van der Waals surface area contributed by atoms with Gasteiger partial charge < -0.3 is 5.11 Å². The van der Waals surface area contributed by atoms with Crippen LogP contribution in [0, 0.1) is 10.1 Å². The predicted octanol–water partition coefficient (Wildman–Crippen LogP) is 3.62. The Balaban J connectivity index is 1.86. The van der Waals surface area contributed by atoms with Crippen molar-refractivity contribution in [2.75, 3.05) is 13.1 Å². The van der Waals surface area contributed by atoms with Crippen LogP contribution in [-0.2, 0) is 10.0 Å². The fourth-order valence-corrected chi connectivity index (χ4v) is 4.62. The topological polar surface area (TPSA) is 113 Å². The van der Waals surface area contributed by atoms with E-state index in [1.165, 1.54) is 40.9 Å². The number of nitrogens with zero attached hydrogens (tertiary/aromatic N) is 3. The maximum atomic E-state index is 12.9. The molecule has 0 atom stereocenters. The summed E-state index contributed by atoms with van der Waals surface area (Å²) in [4.78, 5) is 14.7. The zero-order valence-electron chi connectivity index (χ0n) is 15.2. The summed E-state index contributed by atoms with van der Waals surface area (Å²) in [6, 6.07) is 9.85. The van der Waals surface area contributed by atoms with Crippen LogP contribution >= 0.6 is 0 Å². The van der Waals surface area contributed by atoms with Crippen molar-refractivity contribution >= 4 is 27.6 Å². The van der Waals surface area contributed by atoms with E-state index in [0.29, 0.717) is 18.8 Å². The van der Waals surface area contributed by atoms with Crippen molar-refractivity contribution in [1.29, 1.82) is 0 Å². The Morgan fingerprint density at radius 3 is 2.46 bits per heavy atom. The molecule has 2 aromatic carbocycles. The van der Waals surface area contributed by atoms with Gasteiger partial charge in [-0.2, -0.15) is 4.31 Å². The summed E-state index contributed by atoms with van der Waals surface area (Å²) in [5.41, 5.74) is 0.383. The van der Waals surface area contributed by atoms with Gasteiger partial charge in [-0.05, 0) is 37.1 Å². The average Bonchev–Trinajstić information content (AvgIpc) is 2.97. The minimum Gasteiger partial charge on any atom is -0.507 e. The Morgan fingerprint density at radius 1 is 1.07 bits per heavy atom. The largest absolute Gasteiger partial charge is 0.507 e. The molecule has 1 N–H and O–H groups in total. The van der Waals surface area contributed by atoms with E-state index in [1.807, 2.05) is 0 Å². The zero-order valence-corrected chi connectivity index (χ0v) is 16.0. The maximum absolute atomic E-state index is 12.9. The third kappa shape index (κ3) is 4.55. The van der Waals surface area contributed by atoms with Gasteiger partial charge in [0.1, 0.15) is 5.75 Å². The normalized spacial score (nSPS) is 16.1. The van der Waals surface area contributed by atoms with Crippen molar-refractivity contribution in [2.24, 2.45) is 4.99 Å². The highest BCUT2D eigenvalue weighted by Gasteiger charge is 2.25. The van der Waals surface area contributed by atoms with E-state index >= 15 is 0 Å². The van der Waals surface area contributed by atoms with E-state index in [1.54, 1.807) is 12.1 Å². The second-order valence-electron chi connectivity index (χ2n) is 6.57. The van der Waals surface area contributed by atoms with Crippen LogP contribution in [0.4, 0.5) is 11.4 Å². The second kappa shape index (κ2) is 8.49. The van der Waals surface area contributed by atoms with E-state index < -0.39 is 14.9 Å². The summed E-state index contributed by atoms with van der Waals surface area (Å²) < 4.78 is 27.3. The van der Waals surface area contributed by atoms with Crippen LogP contribution < -0.4 is 0 Å². The maximum Gasteiger partial charge on any atom is 0.270 e. The molecule has 0 saturated carbocycles. The molecule has 0 amide bonds. The lowest BCUT2D eigenvalue weighted by molar-refractivity contribution is -0.384. The van der Waals surface area contributed by atoms with Gasteiger partial charge >= 0.3 is 0 Å². The summed E-state index contributed by atoms with van der Waals surface area (Å²) >= 11 is 0. The van der Waals surface area contributed by atoms with Crippen LogP contribution in [0.1, 0.15) is 31.2 Å². The molecule has 148 valence electrons. The molecule has 0 radical (unpaired) electrons. The Labute approximate surface area is 163 Å². The highest BCUT2D eigenvalue weighted by atomic mass is 32.2. The molecule has 1 saturated heterocycles. The summed E-state index contributed by atoms with van der Waals surface area (Å²) in [5.74, 6) is -0.150. The van der Waals surface area contributed by atoms with E-state index in [4.69, 9.17) is 0 Å². The van der Waals surface area contributed by atoms with Crippen LogP contribution in [0.3, 0.4) is 0 Å². The number of benzene rings is 2. The molecular formula is C19H21N3O5S. The molecule has 0 aliphatic carbocycles. The lowest BCUT2D eigenvalue weighted by atomic mass is 10.2. The van der Waals surface area contributed by atoms with Gasteiger partial charge in [-0.3, -0.25) is 15.1 Å². The first-order valence-electron chi connectivity index (χ1n) is 8.99. The van der Waals surface area contributed by atoms with Gasteiger partial charge in [0.25, 0.3) is 5.69 Å². The molecule has 0 aromatic heterocycles. The number of aromatic hydroxyl groups is 1. The molecule has 1 heterocycles. The molecule has 3 rings (SSSR count).